The molecule has 0 aliphatic carbocycles. The van der Waals surface area contributed by atoms with Crippen molar-refractivity contribution in [3.63, 3.8) is 0 Å². The van der Waals surface area contributed by atoms with Crippen molar-refractivity contribution in [3.05, 3.63) is 115 Å². The molecule has 0 spiro atoms. The molecular formula is C28H25BrN4O5. The number of hydrogen-bond donors (Lipinski definition) is 0. The Kier molecular flexibility index (Phi) is 8.32. The second-order valence-corrected chi connectivity index (χ2v) is 9.24. The Morgan fingerprint density at radius 1 is 1.18 bits per heavy atom. The van der Waals surface area contributed by atoms with E-state index in [1.165, 1.54) is 23.9 Å². The highest BCUT2D eigenvalue weighted by Gasteiger charge is 2.14. The summed E-state index contributed by atoms with van der Waals surface area (Å²) in [6, 6.07) is 15.2. The van der Waals surface area contributed by atoms with Crippen LogP contribution in [0, 0.1) is 10.1 Å². The highest BCUT2D eigenvalue weighted by molar-refractivity contribution is 9.10. The Morgan fingerprint density at radius 2 is 1.95 bits per heavy atom. The zero-order chi connectivity index (χ0) is 27.2. The molecule has 0 bridgehead atoms. The van der Waals surface area contributed by atoms with Gasteiger partial charge in [-0.2, -0.15) is 9.78 Å². The Hall–Kier alpha value is -4.31. The molecule has 10 heteroatoms. The van der Waals surface area contributed by atoms with Gasteiger partial charge < -0.3 is 9.47 Å². The number of halogens is 1. The Balaban J connectivity index is 1.68. The summed E-state index contributed by atoms with van der Waals surface area (Å²) in [7, 11) is 1.54. The minimum absolute atomic E-state index is 0.0157. The molecule has 0 radical (unpaired) electrons. The number of allylic oxidation sites excluding steroid dienone is 1. The predicted octanol–water partition coefficient (Wildman–Crippen LogP) is 5.83. The van der Waals surface area contributed by atoms with Gasteiger partial charge in [0.15, 0.2) is 11.5 Å². The van der Waals surface area contributed by atoms with E-state index in [1.807, 2.05) is 19.1 Å². The molecule has 0 aliphatic rings. The van der Waals surface area contributed by atoms with Crippen LogP contribution in [-0.4, -0.2) is 27.9 Å². The lowest BCUT2D eigenvalue weighted by Gasteiger charge is -2.16. The molecule has 9 nitrogen and oxygen atoms in total. The molecule has 1 aromatic heterocycles. The summed E-state index contributed by atoms with van der Waals surface area (Å²) < 4.78 is 13.8. The maximum absolute atomic E-state index is 13.2. The van der Waals surface area contributed by atoms with E-state index in [0.717, 1.165) is 15.6 Å². The quantitative estimate of drug-likeness (QED) is 0.102. The third kappa shape index (κ3) is 5.81. The number of aryl methyl sites for hydroxylation is 1. The summed E-state index contributed by atoms with van der Waals surface area (Å²) in [5.74, 6) is 1.56. The number of hydrogen-bond acceptors (Lipinski definition) is 7. The van der Waals surface area contributed by atoms with Crippen LogP contribution in [-0.2, 0) is 19.4 Å². The van der Waals surface area contributed by atoms with E-state index < -0.39 is 4.92 Å². The van der Waals surface area contributed by atoms with Crippen LogP contribution < -0.4 is 15.0 Å². The van der Waals surface area contributed by atoms with Crippen molar-refractivity contribution in [2.24, 2.45) is 5.10 Å². The third-order valence-electron chi connectivity index (χ3n) is 5.78. The summed E-state index contributed by atoms with van der Waals surface area (Å²) in [4.78, 5) is 28.3. The van der Waals surface area contributed by atoms with Crippen LogP contribution in [0.25, 0.3) is 10.9 Å². The Morgan fingerprint density at radius 3 is 2.61 bits per heavy atom. The normalized spacial score (nSPS) is 11.1. The van der Waals surface area contributed by atoms with E-state index >= 15 is 0 Å². The first-order valence-corrected chi connectivity index (χ1v) is 12.6. The van der Waals surface area contributed by atoms with Crippen molar-refractivity contribution >= 4 is 38.7 Å². The van der Waals surface area contributed by atoms with Crippen molar-refractivity contribution in [1.29, 1.82) is 0 Å². The molecule has 4 rings (SSSR count). The number of fused-ring (bicyclic) bond motifs is 1. The maximum Gasteiger partial charge on any atom is 0.282 e. The molecule has 0 N–H and O–H groups in total. The Bertz CT molecular complexity index is 1600. The standard InChI is InChI=1S/C28H25BrN4O5/c1-4-6-20-13-19(14-25(37-3)27(20)38-17-18-7-10-22(11-8-18)33(35)36)16-30-32-26(5-2)31-24-12-9-21(29)15-23(24)28(32)34/h4,7-16H,1,5-6,17H2,2-3H3. The molecule has 0 aliphatic heterocycles. The number of nitrogens with zero attached hydrogens (tertiary/aromatic N) is 4. The number of rotatable bonds is 10. The average Bonchev–Trinajstić information content (AvgIpc) is 2.92. The van der Waals surface area contributed by atoms with E-state index in [2.05, 4.69) is 32.6 Å². The van der Waals surface area contributed by atoms with E-state index in [9.17, 15) is 14.9 Å². The van der Waals surface area contributed by atoms with Gasteiger partial charge in [-0.15, -0.1) is 6.58 Å². The largest absolute Gasteiger partial charge is 0.493 e. The molecule has 0 unspecified atom stereocenters. The van der Waals surface area contributed by atoms with E-state index in [4.69, 9.17) is 9.47 Å². The highest BCUT2D eigenvalue weighted by Crippen LogP contribution is 2.34. The third-order valence-corrected chi connectivity index (χ3v) is 6.28. The molecule has 0 amide bonds. The lowest BCUT2D eigenvalue weighted by Crippen LogP contribution is -2.22. The Labute approximate surface area is 227 Å². The van der Waals surface area contributed by atoms with Crippen LogP contribution in [0.2, 0.25) is 0 Å². The highest BCUT2D eigenvalue weighted by atomic mass is 79.9. The summed E-state index contributed by atoms with van der Waals surface area (Å²) >= 11 is 3.41. The fraction of sp³-hybridized carbons (Fsp3) is 0.179. The van der Waals surface area contributed by atoms with Crippen molar-refractivity contribution in [1.82, 2.24) is 9.66 Å². The predicted molar refractivity (Wildman–Crippen MR) is 150 cm³/mol. The monoisotopic (exact) mass is 576 g/mol. The molecular weight excluding hydrogens is 552 g/mol. The number of methoxy groups -OCH3 is 1. The summed E-state index contributed by atoms with van der Waals surface area (Å²) in [6.45, 7) is 5.95. The smallest absolute Gasteiger partial charge is 0.282 e. The number of aromatic nitrogens is 2. The zero-order valence-corrected chi connectivity index (χ0v) is 22.5. The van der Waals surface area contributed by atoms with Crippen molar-refractivity contribution in [3.8, 4) is 11.5 Å². The first kappa shape index (κ1) is 26.7. The number of nitro groups is 1. The fourth-order valence-electron chi connectivity index (χ4n) is 3.92. The lowest BCUT2D eigenvalue weighted by molar-refractivity contribution is -0.384. The molecule has 0 fully saturated rings. The van der Waals surface area contributed by atoms with E-state index in [0.29, 0.717) is 46.6 Å². The molecule has 38 heavy (non-hydrogen) atoms. The van der Waals surface area contributed by atoms with Gasteiger partial charge in [0.2, 0.25) is 0 Å². The van der Waals surface area contributed by atoms with Gasteiger partial charge in [0.05, 0.1) is 29.2 Å². The summed E-state index contributed by atoms with van der Waals surface area (Å²) in [5, 5.41) is 15.8. The number of ether oxygens (including phenoxy) is 2. The molecule has 194 valence electrons. The second-order valence-electron chi connectivity index (χ2n) is 8.32. The second kappa shape index (κ2) is 11.8. The van der Waals surface area contributed by atoms with E-state index in [-0.39, 0.29) is 17.9 Å². The number of benzene rings is 3. The molecule has 0 atom stereocenters. The van der Waals surface area contributed by atoms with E-state index in [1.54, 1.807) is 42.6 Å². The van der Waals surface area contributed by atoms with Crippen LogP contribution in [0.4, 0.5) is 5.69 Å². The molecule has 0 saturated carbocycles. The molecule has 4 aromatic rings. The van der Waals surface area contributed by atoms with Gasteiger partial charge in [-0.1, -0.05) is 28.9 Å². The van der Waals surface area contributed by atoms with Gasteiger partial charge in [-0.25, -0.2) is 4.98 Å². The van der Waals surface area contributed by atoms with Crippen LogP contribution in [0.3, 0.4) is 0 Å². The minimum Gasteiger partial charge on any atom is -0.493 e. The number of non-ortho nitro benzene ring substituents is 1. The first-order chi connectivity index (χ1) is 18.3. The van der Waals surface area contributed by atoms with Crippen LogP contribution in [0.15, 0.2) is 81.6 Å². The van der Waals surface area contributed by atoms with Crippen molar-refractivity contribution in [2.75, 3.05) is 7.11 Å². The summed E-state index contributed by atoms with van der Waals surface area (Å²) in [5.41, 5.74) is 2.66. The average molecular weight is 577 g/mol. The van der Waals surface area contributed by atoms with Gasteiger partial charge >= 0.3 is 0 Å². The lowest BCUT2D eigenvalue weighted by atomic mass is 10.1. The fourth-order valence-corrected chi connectivity index (χ4v) is 4.28. The number of nitro benzene ring substituents is 1. The van der Waals surface area contributed by atoms with Crippen molar-refractivity contribution in [2.45, 2.75) is 26.4 Å². The topological polar surface area (TPSA) is 109 Å². The van der Waals surface area contributed by atoms with Crippen molar-refractivity contribution < 1.29 is 14.4 Å². The zero-order valence-electron chi connectivity index (χ0n) is 20.9. The first-order valence-electron chi connectivity index (χ1n) is 11.8. The van der Waals surface area contributed by atoms with Crippen LogP contribution in [0.5, 0.6) is 11.5 Å². The van der Waals surface area contributed by atoms with Gasteiger partial charge in [0.1, 0.15) is 12.4 Å². The van der Waals surface area contributed by atoms with Gasteiger partial charge in [0.25, 0.3) is 11.2 Å². The molecule has 3 aromatic carbocycles. The summed E-state index contributed by atoms with van der Waals surface area (Å²) in [6.07, 6.45) is 4.36. The van der Waals surface area contributed by atoms with Crippen LogP contribution in [0.1, 0.15) is 29.4 Å². The van der Waals surface area contributed by atoms with Crippen LogP contribution >= 0.6 is 15.9 Å². The SMILES string of the molecule is C=CCc1cc(C=Nn2c(CC)nc3ccc(Br)cc3c2=O)cc(OC)c1OCc1ccc([N+](=O)[O-])cc1. The van der Waals surface area contributed by atoms with Gasteiger partial charge in [0, 0.05) is 28.6 Å². The molecule has 0 saturated heterocycles. The maximum atomic E-state index is 13.2. The minimum atomic E-state index is -0.444. The molecule has 1 heterocycles. The van der Waals surface area contributed by atoms with Gasteiger partial charge in [-0.05, 0) is 60.0 Å². The van der Waals surface area contributed by atoms with Gasteiger partial charge in [-0.3, -0.25) is 14.9 Å².